The minimum atomic E-state index is -0.532. The number of alkyl halides is 1. The van der Waals surface area contributed by atoms with Crippen LogP contribution in [0.2, 0.25) is 0 Å². The minimum Gasteiger partial charge on any atom is -0.349 e. The highest BCUT2D eigenvalue weighted by Crippen LogP contribution is 2.15. The molecule has 0 unspecified atom stereocenters. The SMILES string of the molecule is Cc1cccnc1CNC(=O)C(C)(C)Br. The van der Waals surface area contributed by atoms with Crippen LogP contribution >= 0.6 is 15.9 Å². The van der Waals surface area contributed by atoms with Gasteiger partial charge in [0, 0.05) is 6.20 Å². The van der Waals surface area contributed by atoms with Gasteiger partial charge < -0.3 is 5.32 Å². The van der Waals surface area contributed by atoms with Crippen molar-refractivity contribution in [3.05, 3.63) is 29.6 Å². The van der Waals surface area contributed by atoms with Crippen molar-refractivity contribution in [1.29, 1.82) is 0 Å². The van der Waals surface area contributed by atoms with Crippen molar-refractivity contribution >= 4 is 21.8 Å². The molecule has 1 N–H and O–H groups in total. The number of pyridine rings is 1. The van der Waals surface area contributed by atoms with Gasteiger partial charge in [-0.1, -0.05) is 22.0 Å². The van der Waals surface area contributed by atoms with E-state index in [4.69, 9.17) is 0 Å². The number of nitrogens with zero attached hydrogens (tertiary/aromatic N) is 1. The number of hydrogen-bond donors (Lipinski definition) is 1. The molecule has 0 aliphatic heterocycles. The number of carbonyl (C=O) groups is 1. The maximum atomic E-state index is 11.6. The summed E-state index contributed by atoms with van der Waals surface area (Å²) < 4.78 is -0.532. The van der Waals surface area contributed by atoms with Crippen LogP contribution in [0.1, 0.15) is 25.1 Å². The highest BCUT2D eigenvalue weighted by Gasteiger charge is 2.23. The number of rotatable bonds is 3. The molecular weight excluding hydrogens is 256 g/mol. The van der Waals surface area contributed by atoms with Crippen molar-refractivity contribution in [2.45, 2.75) is 31.6 Å². The van der Waals surface area contributed by atoms with Crippen LogP contribution in [0, 0.1) is 6.92 Å². The highest BCUT2D eigenvalue weighted by molar-refractivity contribution is 9.10. The van der Waals surface area contributed by atoms with Gasteiger partial charge in [0.2, 0.25) is 5.91 Å². The molecule has 0 fully saturated rings. The monoisotopic (exact) mass is 270 g/mol. The average Bonchev–Trinajstić information content (AvgIpc) is 2.14. The highest BCUT2D eigenvalue weighted by atomic mass is 79.9. The Bertz CT molecular complexity index is 358. The van der Waals surface area contributed by atoms with Crippen molar-refractivity contribution in [1.82, 2.24) is 10.3 Å². The standard InChI is InChI=1S/C11H15BrN2O/c1-8-5-4-6-13-9(8)7-14-10(15)11(2,3)12/h4-6H,7H2,1-3H3,(H,14,15). The Balaban J connectivity index is 2.59. The number of aryl methyl sites for hydroxylation is 1. The fraction of sp³-hybridized carbons (Fsp3) is 0.455. The largest absolute Gasteiger partial charge is 0.349 e. The van der Waals surface area contributed by atoms with E-state index >= 15 is 0 Å². The lowest BCUT2D eigenvalue weighted by Gasteiger charge is -2.15. The van der Waals surface area contributed by atoms with E-state index in [0.717, 1.165) is 11.3 Å². The van der Waals surface area contributed by atoms with E-state index in [1.165, 1.54) is 0 Å². The molecule has 0 saturated heterocycles. The third kappa shape index (κ3) is 3.63. The Morgan fingerprint density at radius 3 is 2.80 bits per heavy atom. The molecule has 0 aliphatic rings. The zero-order valence-corrected chi connectivity index (χ0v) is 10.8. The van der Waals surface area contributed by atoms with Crippen LogP contribution in [0.3, 0.4) is 0 Å². The smallest absolute Gasteiger partial charge is 0.236 e. The van der Waals surface area contributed by atoms with Gasteiger partial charge in [-0.05, 0) is 32.4 Å². The number of hydrogen-bond acceptors (Lipinski definition) is 2. The van der Waals surface area contributed by atoms with E-state index in [-0.39, 0.29) is 5.91 Å². The van der Waals surface area contributed by atoms with Crippen LogP contribution in [0.4, 0.5) is 0 Å². The molecule has 3 nitrogen and oxygen atoms in total. The third-order valence-electron chi connectivity index (χ3n) is 2.07. The van der Waals surface area contributed by atoms with Crippen molar-refractivity contribution < 1.29 is 4.79 Å². The number of nitrogens with one attached hydrogen (secondary N) is 1. The Kier molecular flexibility index (Phi) is 3.85. The van der Waals surface area contributed by atoms with Gasteiger partial charge >= 0.3 is 0 Å². The molecule has 0 saturated carbocycles. The van der Waals surface area contributed by atoms with Crippen molar-refractivity contribution in [2.75, 3.05) is 0 Å². The molecule has 1 heterocycles. The third-order valence-corrected chi connectivity index (χ3v) is 2.43. The summed E-state index contributed by atoms with van der Waals surface area (Å²) in [5.41, 5.74) is 1.99. The number of amides is 1. The first-order valence-electron chi connectivity index (χ1n) is 4.79. The normalized spacial score (nSPS) is 11.2. The van der Waals surface area contributed by atoms with Gasteiger partial charge in [0.15, 0.2) is 0 Å². The molecule has 0 radical (unpaired) electrons. The molecule has 4 heteroatoms. The number of aromatic nitrogens is 1. The molecule has 0 aliphatic carbocycles. The summed E-state index contributed by atoms with van der Waals surface area (Å²) in [6.45, 7) is 6.08. The van der Waals surface area contributed by atoms with Crippen molar-refractivity contribution in [3.63, 3.8) is 0 Å². The Morgan fingerprint density at radius 1 is 1.60 bits per heavy atom. The molecular formula is C11H15BrN2O. The summed E-state index contributed by atoms with van der Waals surface area (Å²) in [4.78, 5) is 15.8. The lowest BCUT2D eigenvalue weighted by molar-refractivity contribution is -0.122. The first-order chi connectivity index (χ1) is 6.91. The van der Waals surface area contributed by atoms with E-state index in [0.29, 0.717) is 6.54 Å². The predicted octanol–water partition coefficient (Wildman–Crippen LogP) is 2.18. The lowest BCUT2D eigenvalue weighted by Crippen LogP contribution is -2.37. The zero-order chi connectivity index (χ0) is 11.5. The fourth-order valence-corrected chi connectivity index (χ4v) is 1.22. The molecule has 0 spiro atoms. The maximum absolute atomic E-state index is 11.6. The zero-order valence-electron chi connectivity index (χ0n) is 9.17. The van der Waals surface area contributed by atoms with Gasteiger partial charge in [-0.25, -0.2) is 0 Å². The molecule has 0 bridgehead atoms. The summed E-state index contributed by atoms with van der Waals surface area (Å²) in [5.74, 6) is -0.0347. The molecule has 0 atom stereocenters. The molecule has 1 rings (SSSR count). The van der Waals surface area contributed by atoms with Crippen LogP contribution in [0.15, 0.2) is 18.3 Å². The molecule has 1 aromatic rings. The Hall–Kier alpha value is -0.900. The summed E-state index contributed by atoms with van der Waals surface area (Å²) >= 11 is 3.30. The lowest BCUT2D eigenvalue weighted by atomic mass is 10.2. The second-order valence-electron chi connectivity index (χ2n) is 3.92. The Morgan fingerprint density at radius 2 is 2.27 bits per heavy atom. The summed E-state index contributed by atoms with van der Waals surface area (Å²) in [7, 11) is 0. The fourth-order valence-electron chi connectivity index (χ4n) is 1.08. The number of halogens is 1. The van der Waals surface area contributed by atoms with E-state index in [1.54, 1.807) is 6.20 Å². The van der Waals surface area contributed by atoms with Crippen LogP contribution in [-0.2, 0) is 11.3 Å². The van der Waals surface area contributed by atoms with Crippen LogP contribution < -0.4 is 5.32 Å². The molecule has 82 valence electrons. The molecule has 1 aromatic heterocycles. The first-order valence-corrected chi connectivity index (χ1v) is 5.58. The van der Waals surface area contributed by atoms with Crippen LogP contribution in [0.5, 0.6) is 0 Å². The van der Waals surface area contributed by atoms with E-state index < -0.39 is 4.32 Å². The number of carbonyl (C=O) groups excluding carboxylic acids is 1. The van der Waals surface area contributed by atoms with Gasteiger partial charge in [-0.15, -0.1) is 0 Å². The van der Waals surface area contributed by atoms with Gasteiger partial charge in [0.05, 0.1) is 16.6 Å². The van der Waals surface area contributed by atoms with Gasteiger partial charge in [0.25, 0.3) is 0 Å². The van der Waals surface area contributed by atoms with Crippen LogP contribution in [-0.4, -0.2) is 15.2 Å². The maximum Gasteiger partial charge on any atom is 0.236 e. The van der Waals surface area contributed by atoms with Gasteiger partial charge in [0.1, 0.15) is 0 Å². The summed E-state index contributed by atoms with van der Waals surface area (Å²) in [6.07, 6.45) is 1.73. The second kappa shape index (κ2) is 4.75. The first kappa shape index (κ1) is 12.2. The quantitative estimate of drug-likeness (QED) is 0.856. The molecule has 0 aromatic carbocycles. The molecule has 1 amide bonds. The molecule has 15 heavy (non-hydrogen) atoms. The van der Waals surface area contributed by atoms with Gasteiger partial charge in [-0.3, -0.25) is 9.78 Å². The second-order valence-corrected chi connectivity index (χ2v) is 5.90. The van der Waals surface area contributed by atoms with Crippen molar-refractivity contribution in [3.8, 4) is 0 Å². The topological polar surface area (TPSA) is 42.0 Å². The Labute approximate surface area is 98.4 Å². The summed E-state index contributed by atoms with van der Waals surface area (Å²) in [5, 5.41) is 2.83. The minimum absolute atomic E-state index is 0.0347. The van der Waals surface area contributed by atoms with E-state index in [9.17, 15) is 4.79 Å². The van der Waals surface area contributed by atoms with E-state index in [2.05, 4.69) is 26.2 Å². The predicted molar refractivity (Wildman–Crippen MR) is 63.8 cm³/mol. The van der Waals surface area contributed by atoms with Gasteiger partial charge in [-0.2, -0.15) is 0 Å². The van der Waals surface area contributed by atoms with Crippen LogP contribution in [0.25, 0.3) is 0 Å². The average molecular weight is 271 g/mol. The van der Waals surface area contributed by atoms with Crippen molar-refractivity contribution in [2.24, 2.45) is 0 Å². The summed E-state index contributed by atoms with van der Waals surface area (Å²) in [6, 6.07) is 3.86. The van der Waals surface area contributed by atoms with E-state index in [1.807, 2.05) is 32.9 Å².